The van der Waals surface area contributed by atoms with Crippen LogP contribution in [0.2, 0.25) is 0 Å². The number of benzene rings is 1. The van der Waals surface area contributed by atoms with Gasteiger partial charge in [-0.1, -0.05) is 32.4 Å². The second-order valence-corrected chi connectivity index (χ2v) is 10.2. The van der Waals surface area contributed by atoms with Gasteiger partial charge in [0.25, 0.3) is 0 Å². The van der Waals surface area contributed by atoms with Gasteiger partial charge in [-0.05, 0) is 62.8 Å². The van der Waals surface area contributed by atoms with Crippen molar-refractivity contribution in [2.75, 3.05) is 37.0 Å². The molecule has 2 aliphatic rings. The first-order chi connectivity index (χ1) is 16.5. The summed E-state index contributed by atoms with van der Waals surface area (Å²) < 4.78 is 7.28. The number of nitrogens with zero attached hydrogens (tertiary/aromatic N) is 5. The van der Waals surface area contributed by atoms with Crippen LogP contribution in [0.25, 0.3) is 5.65 Å². The van der Waals surface area contributed by atoms with E-state index >= 15 is 0 Å². The van der Waals surface area contributed by atoms with E-state index in [-0.39, 0.29) is 11.6 Å². The van der Waals surface area contributed by atoms with Crippen LogP contribution in [0, 0.1) is 0 Å². The van der Waals surface area contributed by atoms with Gasteiger partial charge in [-0.25, -0.2) is 0 Å². The van der Waals surface area contributed by atoms with Gasteiger partial charge < -0.3 is 20.3 Å². The predicted molar refractivity (Wildman–Crippen MR) is 136 cm³/mol. The van der Waals surface area contributed by atoms with E-state index in [9.17, 15) is 0 Å². The minimum Gasteiger partial charge on any atom is -0.497 e. The summed E-state index contributed by atoms with van der Waals surface area (Å²) in [5.74, 6) is 2.67. The summed E-state index contributed by atoms with van der Waals surface area (Å²) in [7, 11) is 1.70. The Balaban J connectivity index is 1.49. The summed E-state index contributed by atoms with van der Waals surface area (Å²) in [6.07, 6.45) is 6.18. The largest absolute Gasteiger partial charge is 0.497 e. The molecule has 3 aromatic rings. The van der Waals surface area contributed by atoms with Crippen molar-refractivity contribution >= 4 is 17.5 Å². The number of ether oxygens (including phenoxy) is 1. The quantitative estimate of drug-likeness (QED) is 0.555. The zero-order chi connectivity index (χ0) is 23.7. The van der Waals surface area contributed by atoms with Crippen molar-refractivity contribution in [3.05, 3.63) is 41.6 Å². The fraction of sp³-hybridized carbons (Fsp3) is 0.577. The van der Waals surface area contributed by atoms with Gasteiger partial charge in [-0.2, -0.15) is 19.6 Å². The Bertz CT molecular complexity index is 1130. The molecule has 2 fully saturated rings. The molecule has 0 amide bonds. The number of nitrogens with one attached hydrogen (secondary N) is 2. The van der Waals surface area contributed by atoms with Crippen molar-refractivity contribution in [1.29, 1.82) is 0 Å². The lowest BCUT2D eigenvalue weighted by Gasteiger charge is -2.46. The molecule has 8 heteroatoms. The third kappa shape index (κ3) is 4.56. The molecule has 2 saturated heterocycles. The van der Waals surface area contributed by atoms with Crippen LogP contribution in [0.4, 0.5) is 11.9 Å². The van der Waals surface area contributed by atoms with Gasteiger partial charge in [-0.15, -0.1) is 0 Å². The van der Waals surface area contributed by atoms with E-state index in [1.54, 1.807) is 7.11 Å². The van der Waals surface area contributed by atoms with Crippen molar-refractivity contribution in [3.63, 3.8) is 0 Å². The van der Waals surface area contributed by atoms with Gasteiger partial charge in [0.2, 0.25) is 11.9 Å². The first-order valence-electron chi connectivity index (χ1n) is 12.6. The molecule has 2 atom stereocenters. The molecular formula is C26H37N7O. The maximum atomic E-state index is 5.42. The van der Waals surface area contributed by atoms with Crippen LogP contribution < -0.4 is 20.3 Å². The molecule has 5 rings (SSSR count). The third-order valence-electron chi connectivity index (χ3n) is 7.30. The molecule has 182 valence electrons. The number of piperidine rings is 2. The summed E-state index contributed by atoms with van der Waals surface area (Å²) in [6, 6.07) is 10.3. The Morgan fingerprint density at radius 2 is 1.94 bits per heavy atom. The van der Waals surface area contributed by atoms with Gasteiger partial charge >= 0.3 is 0 Å². The van der Waals surface area contributed by atoms with Gasteiger partial charge in [0.05, 0.1) is 18.8 Å². The average Bonchev–Trinajstić information content (AvgIpc) is 3.30. The SMILES string of the molecule is COc1cccc([C@H](C)Nc2nc(N3CCCC4(CCCCN4)C3)nc3cc(C(C)C)nn23)c1. The van der Waals surface area contributed by atoms with E-state index in [1.807, 2.05) is 16.6 Å². The van der Waals surface area contributed by atoms with Crippen LogP contribution in [0.3, 0.4) is 0 Å². The summed E-state index contributed by atoms with van der Waals surface area (Å²) in [6.45, 7) is 9.50. The fourth-order valence-corrected chi connectivity index (χ4v) is 5.28. The highest BCUT2D eigenvalue weighted by atomic mass is 16.5. The van der Waals surface area contributed by atoms with Crippen LogP contribution >= 0.6 is 0 Å². The Hall–Kier alpha value is -2.87. The van der Waals surface area contributed by atoms with Crippen molar-refractivity contribution in [3.8, 4) is 5.75 Å². The average molecular weight is 464 g/mol. The highest BCUT2D eigenvalue weighted by Gasteiger charge is 2.37. The van der Waals surface area contributed by atoms with Gasteiger partial charge in [0.1, 0.15) is 5.75 Å². The van der Waals surface area contributed by atoms with Crippen molar-refractivity contribution in [2.24, 2.45) is 0 Å². The molecule has 1 spiro atoms. The lowest BCUT2D eigenvalue weighted by molar-refractivity contribution is 0.215. The Labute approximate surface area is 202 Å². The van der Waals surface area contributed by atoms with Gasteiger partial charge in [0, 0.05) is 24.7 Å². The Morgan fingerprint density at radius 1 is 1.09 bits per heavy atom. The molecule has 0 aliphatic carbocycles. The number of anilines is 2. The minimum absolute atomic E-state index is 0.0282. The molecule has 1 unspecified atom stereocenters. The summed E-state index contributed by atoms with van der Waals surface area (Å²) >= 11 is 0. The highest BCUT2D eigenvalue weighted by molar-refractivity contribution is 5.53. The van der Waals surface area contributed by atoms with Crippen LogP contribution in [-0.4, -0.2) is 51.9 Å². The highest BCUT2D eigenvalue weighted by Crippen LogP contribution is 2.32. The standard InChI is InChI=1S/C26H37N7O/c1-18(2)22-16-23-29-24(32-14-8-12-26(17-32)11-5-6-13-27-26)30-25(33(23)31-22)28-19(3)20-9-7-10-21(15-20)34-4/h7,9-10,15-16,18-19,27H,5-6,8,11-14,17H2,1-4H3,(H,28,29,30)/t19-,26?/m0/s1. The predicted octanol–water partition coefficient (Wildman–Crippen LogP) is 4.54. The van der Waals surface area contributed by atoms with Crippen molar-refractivity contribution in [2.45, 2.75) is 70.4 Å². The number of aromatic nitrogens is 4. The minimum atomic E-state index is 0.0282. The zero-order valence-electron chi connectivity index (χ0n) is 20.8. The lowest BCUT2D eigenvalue weighted by Crippen LogP contribution is -2.59. The molecule has 0 bridgehead atoms. The Morgan fingerprint density at radius 3 is 2.71 bits per heavy atom. The molecule has 1 aromatic carbocycles. The van der Waals surface area contributed by atoms with E-state index in [0.29, 0.717) is 5.92 Å². The Kier molecular flexibility index (Phi) is 6.34. The fourth-order valence-electron chi connectivity index (χ4n) is 5.28. The molecule has 2 aromatic heterocycles. The van der Waals surface area contributed by atoms with Gasteiger partial charge in [-0.3, -0.25) is 0 Å². The first kappa shape index (κ1) is 22.9. The number of fused-ring (bicyclic) bond motifs is 1. The van der Waals surface area contributed by atoms with E-state index in [2.05, 4.69) is 54.5 Å². The lowest BCUT2D eigenvalue weighted by atomic mass is 9.82. The molecule has 0 saturated carbocycles. The number of methoxy groups -OCH3 is 1. The number of hydrogen-bond donors (Lipinski definition) is 2. The summed E-state index contributed by atoms with van der Waals surface area (Å²) in [5, 5.41) is 12.3. The van der Waals surface area contributed by atoms with E-state index in [1.165, 1.54) is 25.7 Å². The van der Waals surface area contributed by atoms with E-state index in [4.69, 9.17) is 19.8 Å². The van der Waals surface area contributed by atoms with Crippen LogP contribution in [0.5, 0.6) is 5.75 Å². The second-order valence-electron chi connectivity index (χ2n) is 10.2. The molecule has 4 heterocycles. The third-order valence-corrected chi connectivity index (χ3v) is 7.30. The molecule has 2 aliphatic heterocycles. The smallest absolute Gasteiger partial charge is 0.230 e. The zero-order valence-corrected chi connectivity index (χ0v) is 20.8. The normalized spacial score (nSPS) is 21.9. The maximum Gasteiger partial charge on any atom is 0.230 e. The first-order valence-corrected chi connectivity index (χ1v) is 12.6. The molecule has 0 radical (unpaired) electrons. The van der Waals surface area contributed by atoms with Crippen LogP contribution in [0.15, 0.2) is 30.3 Å². The molecule has 34 heavy (non-hydrogen) atoms. The maximum absolute atomic E-state index is 5.42. The molecular weight excluding hydrogens is 426 g/mol. The summed E-state index contributed by atoms with van der Waals surface area (Å²) in [4.78, 5) is 12.4. The van der Waals surface area contributed by atoms with Crippen LogP contribution in [-0.2, 0) is 0 Å². The van der Waals surface area contributed by atoms with E-state index in [0.717, 1.165) is 60.6 Å². The van der Waals surface area contributed by atoms with Gasteiger partial charge in [0.15, 0.2) is 5.65 Å². The molecule has 2 N–H and O–H groups in total. The topological polar surface area (TPSA) is 79.6 Å². The summed E-state index contributed by atoms with van der Waals surface area (Å²) in [5.41, 5.74) is 3.18. The second kappa shape index (κ2) is 9.41. The molecule has 8 nitrogen and oxygen atoms in total. The van der Waals surface area contributed by atoms with Crippen molar-refractivity contribution in [1.82, 2.24) is 24.9 Å². The van der Waals surface area contributed by atoms with E-state index < -0.39 is 0 Å². The van der Waals surface area contributed by atoms with Crippen LogP contribution in [0.1, 0.15) is 76.1 Å². The monoisotopic (exact) mass is 463 g/mol. The van der Waals surface area contributed by atoms with Crippen molar-refractivity contribution < 1.29 is 4.74 Å². The number of rotatable bonds is 6. The number of hydrogen-bond acceptors (Lipinski definition) is 7.